The predicted molar refractivity (Wildman–Crippen MR) is 148 cm³/mol. The van der Waals surface area contributed by atoms with Crippen molar-refractivity contribution in [3.8, 4) is 0 Å². The Morgan fingerprint density at radius 2 is 1.78 bits per heavy atom. The second-order valence-corrected chi connectivity index (χ2v) is 11.2. The van der Waals surface area contributed by atoms with E-state index in [9.17, 15) is 22.8 Å². The number of hydrogen-bond donors (Lipinski definition) is 2. The van der Waals surface area contributed by atoms with Gasteiger partial charge in [0.2, 0.25) is 11.9 Å². The fourth-order valence-corrected chi connectivity index (χ4v) is 5.78. The van der Waals surface area contributed by atoms with Crippen LogP contribution < -0.4 is 10.6 Å². The van der Waals surface area contributed by atoms with Gasteiger partial charge < -0.3 is 20.4 Å². The first-order valence-electron chi connectivity index (χ1n) is 13.9. The summed E-state index contributed by atoms with van der Waals surface area (Å²) in [6.45, 7) is 4.29. The third kappa shape index (κ3) is 5.92. The highest BCUT2D eigenvalue weighted by atomic mass is 19.4. The molecule has 1 aromatic carbocycles. The maximum absolute atomic E-state index is 13.0. The molecule has 0 saturated carbocycles. The van der Waals surface area contributed by atoms with Crippen molar-refractivity contribution in [1.82, 2.24) is 29.7 Å². The molecular formula is C29H32F3N7O2. The molecule has 0 bridgehead atoms. The number of halogens is 3. The van der Waals surface area contributed by atoms with Crippen molar-refractivity contribution in [3.05, 3.63) is 59.8 Å². The molecule has 12 heteroatoms. The van der Waals surface area contributed by atoms with Crippen LogP contribution in [0, 0.1) is 5.41 Å². The summed E-state index contributed by atoms with van der Waals surface area (Å²) in [7, 11) is 0. The van der Waals surface area contributed by atoms with E-state index in [1.807, 2.05) is 47.4 Å². The summed E-state index contributed by atoms with van der Waals surface area (Å²) >= 11 is 0. The van der Waals surface area contributed by atoms with E-state index in [1.54, 1.807) is 10.7 Å². The van der Waals surface area contributed by atoms with Crippen molar-refractivity contribution in [1.29, 1.82) is 0 Å². The molecule has 3 aliphatic rings. The van der Waals surface area contributed by atoms with Crippen molar-refractivity contribution in [2.75, 3.05) is 44.6 Å². The third-order valence-corrected chi connectivity index (χ3v) is 8.39. The third-order valence-electron chi connectivity index (χ3n) is 8.39. The van der Waals surface area contributed by atoms with Crippen molar-refractivity contribution in [2.24, 2.45) is 5.41 Å². The fraction of sp³-hybridized carbons (Fsp3) is 0.448. The Balaban J connectivity index is 1.09. The first-order valence-corrected chi connectivity index (χ1v) is 13.9. The molecule has 2 aromatic heterocycles. The number of amides is 2. The highest BCUT2D eigenvalue weighted by Crippen LogP contribution is 2.35. The summed E-state index contributed by atoms with van der Waals surface area (Å²) in [5.41, 5.74) is 4.25. The maximum atomic E-state index is 13.0. The van der Waals surface area contributed by atoms with Crippen LogP contribution in [0.2, 0.25) is 0 Å². The molecule has 0 unspecified atom stereocenters. The van der Waals surface area contributed by atoms with Crippen LogP contribution >= 0.6 is 0 Å². The first kappa shape index (κ1) is 27.3. The molecule has 2 saturated heterocycles. The first-order chi connectivity index (χ1) is 19.7. The summed E-state index contributed by atoms with van der Waals surface area (Å²) in [5, 5.41) is 11.1. The number of nitrogens with zero attached hydrogens (tertiary/aromatic N) is 5. The van der Waals surface area contributed by atoms with Crippen LogP contribution in [-0.2, 0) is 4.79 Å². The minimum Gasteiger partial charge on any atom is -0.339 e. The van der Waals surface area contributed by atoms with Crippen molar-refractivity contribution in [2.45, 2.75) is 38.3 Å². The second kappa shape index (κ2) is 10.8. The molecule has 2 fully saturated rings. The maximum Gasteiger partial charge on any atom is 0.389 e. The number of alkyl halides is 3. The van der Waals surface area contributed by atoms with E-state index in [2.05, 4.69) is 20.7 Å². The van der Waals surface area contributed by atoms with Gasteiger partial charge in [-0.2, -0.15) is 18.2 Å². The smallest absolute Gasteiger partial charge is 0.339 e. The molecule has 6 rings (SSSR count). The number of fused-ring (bicyclic) bond motifs is 1. The molecule has 3 aromatic rings. The standard InChI is InChI=1S/C29H32F3N7O2/c30-29(31,32)10-7-24(40)37-14-8-20(9-15-37)23-2-1-13-39-25(23)35-27(36-39)34-22-5-3-21(4-6-22)26(41)38-16-11-28(12-17-38)18-33-19-28/h1-6,8,13,33H,7,9-12,14-19H2,(H,34,36). The zero-order valence-corrected chi connectivity index (χ0v) is 22.6. The van der Waals surface area contributed by atoms with Crippen LogP contribution in [-0.4, -0.2) is 81.7 Å². The predicted octanol–water partition coefficient (Wildman–Crippen LogP) is 4.26. The zero-order chi connectivity index (χ0) is 28.6. The number of anilines is 2. The molecule has 3 aliphatic heterocycles. The summed E-state index contributed by atoms with van der Waals surface area (Å²) in [6, 6.07) is 11.1. The van der Waals surface area contributed by atoms with E-state index in [-0.39, 0.29) is 12.5 Å². The highest BCUT2D eigenvalue weighted by molar-refractivity contribution is 5.94. The van der Waals surface area contributed by atoms with E-state index in [0.717, 1.165) is 55.8 Å². The van der Waals surface area contributed by atoms with Crippen LogP contribution in [0.5, 0.6) is 0 Å². The van der Waals surface area contributed by atoms with Gasteiger partial charge in [-0.1, -0.05) is 6.08 Å². The Morgan fingerprint density at radius 1 is 1.02 bits per heavy atom. The van der Waals surface area contributed by atoms with Crippen LogP contribution in [0.1, 0.15) is 48.0 Å². The van der Waals surface area contributed by atoms with Gasteiger partial charge in [0.15, 0.2) is 5.65 Å². The SMILES string of the molecule is O=C(CCC(F)(F)F)N1CC=C(c2cccn3nc(Nc4ccc(C(=O)N5CCC6(CC5)CNC6)cc4)nc23)CC1. The van der Waals surface area contributed by atoms with Crippen molar-refractivity contribution in [3.63, 3.8) is 0 Å². The lowest BCUT2D eigenvalue weighted by atomic mass is 9.73. The number of likely N-dealkylation sites (tertiary alicyclic amines) is 1. The largest absolute Gasteiger partial charge is 0.389 e. The Morgan fingerprint density at radius 3 is 2.41 bits per heavy atom. The van der Waals surface area contributed by atoms with E-state index in [4.69, 9.17) is 0 Å². The Bertz CT molecular complexity index is 1470. The number of carbonyl (C=O) groups excluding carboxylic acids is 2. The van der Waals surface area contributed by atoms with Crippen molar-refractivity contribution >= 4 is 34.7 Å². The lowest BCUT2D eigenvalue weighted by Crippen LogP contribution is -2.58. The molecule has 216 valence electrons. The summed E-state index contributed by atoms with van der Waals surface area (Å²) in [5.74, 6) is -0.0454. The molecule has 9 nitrogen and oxygen atoms in total. The zero-order valence-electron chi connectivity index (χ0n) is 22.6. The van der Waals surface area contributed by atoms with Gasteiger partial charge in [0.05, 0.1) is 6.42 Å². The summed E-state index contributed by atoms with van der Waals surface area (Å²) in [6.07, 6.45) is 0.273. The molecule has 5 heterocycles. The fourth-order valence-electron chi connectivity index (χ4n) is 5.78. The number of aromatic nitrogens is 3. The quantitative estimate of drug-likeness (QED) is 0.463. The molecule has 0 radical (unpaired) electrons. The minimum absolute atomic E-state index is 0.0514. The summed E-state index contributed by atoms with van der Waals surface area (Å²) in [4.78, 5) is 33.3. The van der Waals surface area contributed by atoms with E-state index >= 15 is 0 Å². The molecule has 41 heavy (non-hydrogen) atoms. The van der Waals surface area contributed by atoms with Crippen LogP contribution in [0.15, 0.2) is 48.7 Å². The lowest BCUT2D eigenvalue weighted by molar-refractivity contribution is -0.148. The van der Waals surface area contributed by atoms with Crippen LogP contribution in [0.4, 0.5) is 24.8 Å². The van der Waals surface area contributed by atoms with Crippen LogP contribution in [0.25, 0.3) is 11.2 Å². The Kier molecular flexibility index (Phi) is 7.18. The molecule has 0 atom stereocenters. The minimum atomic E-state index is -4.34. The van der Waals surface area contributed by atoms with E-state index < -0.39 is 24.9 Å². The van der Waals surface area contributed by atoms with Gasteiger partial charge in [0, 0.05) is 68.7 Å². The van der Waals surface area contributed by atoms with Gasteiger partial charge in [-0.05, 0) is 66.6 Å². The number of carbonyl (C=O) groups is 2. The normalized spacial score (nSPS) is 18.8. The van der Waals surface area contributed by atoms with Gasteiger partial charge in [-0.3, -0.25) is 9.59 Å². The molecule has 2 amide bonds. The average Bonchev–Trinajstić information content (AvgIpc) is 3.37. The van der Waals surface area contributed by atoms with Crippen LogP contribution in [0.3, 0.4) is 0 Å². The average molecular weight is 568 g/mol. The number of nitrogens with one attached hydrogen (secondary N) is 2. The molecule has 2 N–H and O–H groups in total. The molecule has 1 spiro atoms. The number of rotatable bonds is 6. The Labute approximate surface area is 235 Å². The Hall–Kier alpha value is -3.93. The number of piperidine rings is 1. The van der Waals surface area contributed by atoms with Crippen molar-refractivity contribution < 1.29 is 22.8 Å². The lowest BCUT2D eigenvalue weighted by Gasteiger charge is -2.48. The number of pyridine rings is 1. The highest BCUT2D eigenvalue weighted by Gasteiger charge is 2.40. The molecular weight excluding hydrogens is 535 g/mol. The number of benzene rings is 1. The topological polar surface area (TPSA) is 94.9 Å². The van der Waals surface area contributed by atoms with Gasteiger partial charge in [-0.25, -0.2) is 4.52 Å². The second-order valence-electron chi connectivity index (χ2n) is 11.2. The van der Waals surface area contributed by atoms with Gasteiger partial charge >= 0.3 is 6.18 Å². The molecule has 0 aliphatic carbocycles. The monoisotopic (exact) mass is 567 g/mol. The number of hydrogen-bond acceptors (Lipinski definition) is 6. The van der Waals surface area contributed by atoms with Gasteiger partial charge in [0.1, 0.15) is 0 Å². The van der Waals surface area contributed by atoms with Gasteiger partial charge in [-0.15, -0.1) is 5.10 Å². The van der Waals surface area contributed by atoms with E-state index in [1.165, 1.54) is 4.90 Å². The summed E-state index contributed by atoms with van der Waals surface area (Å²) < 4.78 is 39.1. The van der Waals surface area contributed by atoms with E-state index in [0.29, 0.717) is 35.5 Å². The van der Waals surface area contributed by atoms with Gasteiger partial charge in [0.25, 0.3) is 5.91 Å².